The lowest BCUT2D eigenvalue weighted by atomic mass is 9.70. The molecule has 1 saturated heterocycles. The van der Waals surface area contributed by atoms with Crippen LogP contribution in [0.3, 0.4) is 0 Å². The summed E-state index contributed by atoms with van der Waals surface area (Å²) in [4.78, 5) is 27.5. The molecule has 1 fully saturated rings. The van der Waals surface area contributed by atoms with E-state index in [-0.39, 0.29) is 17.5 Å². The highest BCUT2D eigenvalue weighted by molar-refractivity contribution is 6.04. The maximum atomic E-state index is 13.1. The van der Waals surface area contributed by atoms with Gasteiger partial charge in [0.25, 0.3) is 5.91 Å². The smallest absolute Gasteiger partial charge is 0.255 e. The van der Waals surface area contributed by atoms with Crippen molar-refractivity contribution in [3.05, 3.63) is 101 Å². The summed E-state index contributed by atoms with van der Waals surface area (Å²) in [6.07, 6.45) is 1.58. The molecule has 0 spiro atoms. The van der Waals surface area contributed by atoms with Gasteiger partial charge >= 0.3 is 0 Å². The van der Waals surface area contributed by atoms with Crippen LogP contribution >= 0.6 is 0 Å². The number of amides is 1. The van der Waals surface area contributed by atoms with Crippen molar-refractivity contribution < 1.29 is 14.0 Å². The van der Waals surface area contributed by atoms with E-state index in [0.29, 0.717) is 11.3 Å². The Balaban J connectivity index is 1.41. The molecule has 5 heteroatoms. The number of hydrogen-bond acceptors (Lipinski definition) is 3. The zero-order chi connectivity index (χ0) is 22.6. The van der Waals surface area contributed by atoms with E-state index >= 15 is 0 Å². The van der Waals surface area contributed by atoms with Gasteiger partial charge in [-0.15, -0.1) is 0 Å². The van der Waals surface area contributed by atoms with Gasteiger partial charge in [-0.25, -0.2) is 4.39 Å². The Morgan fingerprint density at radius 3 is 2.28 bits per heavy atom. The molecule has 3 aromatic carbocycles. The predicted molar refractivity (Wildman–Crippen MR) is 124 cm³/mol. The lowest BCUT2D eigenvalue weighted by Crippen LogP contribution is -2.46. The second kappa shape index (κ2) is 9.45. The Labute approximate surface area is 188 Å². The van der Waals surface area contributed by atoms with Gasteiger partial charge < -0.3 is 5.32 Å². The third kappa shape index (κ3) is 4.78. The van der Waals surface area contributed by atoms with Gasteiger partial charge in [-0.3, -0.25) is 14.5 Å². The van der Waals surface area contributed by atoms with Gasteiger partial charge in [0.05, 0.1) is 5.41 Å². The van der Waals surface area contributed by atoms with E-state index in [0.717, 1.165) is 43.6 Å². The van der Waals surface area contributed by atoms with Crippen molar-refractivity contribution in [1.29, 1.82) is 0 Å². The normalized spacial score (nSPS) is 15.8. The Hall–Kier alpha value is -3.31. The summed E-state index contributed by atoms with van der Waals surface area (Å²) in [6, 6.07) is 23.4. The zero-order valence-corrected chi connectivity index (χ0v) is 18.2. The third-order valence-electron chi connectivity index (χ3n) is 6.41. The Kier molecular flexibility index (Phi) is 6.47. The van der Waals surface area contributed by atoms with E-state index in [1.165, 1.54) is 12.1 Å². The lowest BCUT2D eigenvalue weighted by Gasteiger charge is -2.40. The summed E-state index contributed by atoms with van der Waals surface area (Å²) in [5, 5.41) is 2.80. The number of ketones is 1. The van der Waals surface area contributed by atoms with Crippen LogP contribution in [0.2, 0.25) is 0 Å². The molecule has 32 heavy (non-hydrogen) atoms. The van der Waals surface area contributed by atoms with E-state index in [1.54, 1.807) is 25.1 Å². The standard InChI is InChI=1S/C27H27FN2O2/c1-20(31)27(23-8-3-2-4-9-23)14-16-30(17-15-27)19-21-6-5-7-22(18-21)26(32)29-25-12-10-24(28)11-13-25/h2-13,18H,14-17,19H2,1H3,(H,29,32). The number of benzene rings is 3. The number of likely N-dealkylation sites (tertiary alicyclic amines) is 1. The van der Waals surface area contributed by atoms with Crippen molar-refractivity contribution in [2.24, 2.45) is 0 Å². The predicted octanol–water partition coefficient (Wildman–Crippen LogP) is 5.20. The van der Waals surface area contributed by atoms with Gasteiger partial charge in [-0.05, 0) is 80.4 Å². The number of halogens is 1. The minimum absolute atomic E-state index is 0.225. The quantitative estimate of drug-likeness (QED) is 0.585. The van der Waals surface area contributed by atoms with Crippen molar-refractivity contribution in [2.75, 3.05) is 18.4 Å². The number of hydrogen-bond donors (Lipinski definition) is 1. The first-order valence-electron chi connectivity index (χ1n) is 10.9. The number of nitrogens with zero attached hydrogens (tertiary/aromatic N) is 1. The minimum atomic E-state index is -0.408. The number of nitrogens with one attached hydrogen (secondary N) is 1. The first kappa shape index (κ1) is 21.9. The summed E-state index contributed by atoms with van der Waals surface area (Å²) < 4.78 is 13.1. The van der Waals surface area contributed by atoms with Crippen LogP contribution in [-0.4, -0.2) is 29.7 Å². The van der Waals surface area contributed by atoms with E-state index in [2.05, 4.69) is 22.3 Å². The zero-order valence-electron chi connectivity index (χ0n) is 18.2. The summed E-state index contributed by atoms with van der Waals surface area (Å²) in [5.41, 5.74) is 2.86. The number of carbonyl (C=O) groups is 2. The number of piperidine rings is 1. The van der Waals surface area contributed by atoms with Crippen molar-refractivity contribution in [3.63, 3.8) is 0 Å². The lowest BCUT2D eigenvalue weighted by molar-refractivity contribution is -0.124. The molecule has 0 radical (unpaired) electrons. The number of carbonyl (C=O) groups excluding carboxylic acids is 2. The van der Waals surface area contributed by atoms with Crippen LogP contribution in [-0.2, 0) is 16.8 Å². The molecule has 0 unspecified atom stereocenters. The topological polar surface area (TPSA) is 49.4 Å². The first-order chi connectivity index (χ1) is 15.5. The largest absolute Gasteiger partial charge is 0.322 e. The van der Waals surface area contributed by atoms with E-state index in [1.807, 2.05) is 36.4 Å². The molecule has 0 atom stereocenters. The summed E-state index contributed by atoms with van der Waals surface area (Å²) in [6.45, 7) is 4.06. The Morgan fingerprint density at radius 2 is 1.62 bits per heavy atom. The molecule has 0 aliphatic carbocycles. The van der Waals surface area contributed by atoms with Crippen LogP contribution in [0.4, 0.5) is 10.1 Å². The van der Waals surface area contributed by atoms with E-state index in [4.69, 9.17) is 0 Å². The third-order valence-corrected chi connectivity index (χ3v) is 6.41. The molecule has 1 aliphatic heterocycles. The van der Waals surface area contributed by atoms with Gasteiger partial charge in [0.1, 0.15) is 11.6 Å². The summed E-state index contributed by atoms with van der Waals surface area (Å²) in [7, 11) is 0. The second-order valence-electron chi connectivity index (χ2n) is 8.44. The molecular formula is C27H27FN2O2. The molecule has 0 aromatic heterocycles. The maximum Gasteiger partial charge on any atom is 0.255 e. The van der Waals surface area contributed by atoms with Crippen LogP contribution in [0.25, 0.3) is 0 Å². The average Bonchev–Trinajstić information content (AvgIpc) is 2.82. The molecule has 4 rings (SSSR count). The monoisotopic (exact) mass is 430 g/mol. The summed E-state index contributed by atoms with van der Waals surface area (Å²) in [5.74, 6) is -0.341. The fraction of sp³-hybridized carbons (Fsp3) is 0.259. The van der Waals surface area contributed by atoms with Gasteiger partial charge in [-0.2, -0.15) is 0 Å². The fourth-order valence-corrected chi connectivity index (χ4v) is 4.50. The van der Waals surface area contributed by atoms with Crippen LogP contribution in [0.5, 0.6) is 0 Å². The molecule has 1 aliphatic rings. The summed E-state index contributed by atoms with van der Waals surface area (Å²) >= 11 is 0. The first-order valence-corrected chi connectivity index (χ1v) is 10.9. The SMILES string of the molecule is CC(=O)C1(c2ccccc2)CCN(Cc2cccc(C(=O)Nc3ccc(F)cc3)c2)CC1. The number of Topliss-reactive ketones (excluding diaryl/α,β-unsaturated/α-hetero) is 1. The highest BCUT2D eigenvalue weighted by Gasteiger charge is 2.40. The van der Waals surface area contributed by atoms with Gasteiger partial charge in [0, 0.05) is 17.8 Å². The van der Waals surface area contributed by atoms with Crippen molar-refractivity contribution in [1.82, 2.24) is 4.90 Å². The highest BCUT2D eigenvalue weighted by Crippen LogP contribution is 2.36. The molecule has 3 aromatic rings. The van der Waals surface area contributed by atoms with Crippen molar-refractivity contribution >= 4 is 17.4 Å². The van der Waals surface area contributed by atoms with Crippen LogP contribution in [0.1, 0.15) is 41.3 Å². The highest BCUT2D eigenvalue weighted by atomic mass is 19.1. The van der Waals surface area contributed by atoms with Gasteiger partial charge in [-0.1, -0.05) is 42.5 Å². The van der Waals surface area contributed by atoms with Crippen LogP contribution in [0.15, 0.2) is 78.9 Å². The molecular weight excluding hydrogens is 403 g/mol. The Morgan fingerprint density at radius 1 is 0.938 bits per heavy atom. The molecule has 0 bridgehead atoms. The number of anilines is 1. The minimum Gasteiger partial charge on any atom is -0.322 e. The second-order valence-corrected chi connectivity index (χ2v) is 8.44. The van der Waals surface area contributed by atoms with Gasteiger partial charge in [0.2, 0.25) is 0 Å². The van der Waals surface area contributed by atoms with E-state index < -0.39 is 5.41 Å². The fourth-order valence-electron chi connectivity index (χ4n) is 4.50. The average molecular weight is 431 g/mol. The molecule has 0 saturated carbocycles. The molecule has 1 N–H and O–H groups in total. The number of rotatable bonds is 6. The molecule has 4 nitrogen and oxygen atoms in total. The molecule has 1 heterocycles. The molecule has 164 valence electrons. The van der Waals surface area contributed by atoms with Crippen LogP contribution < -0.4 is 5.32 Å². The van der Waals surface area contributed by atoms with Crippen molar-refractivity contribution in [3.8, 4) is 0 Å². The van der Waals surface area contributed by atoms with Crippen LogP contribution in [0, 0.1) is 5.82 Å². The Bertz CT molecular complexity index is 1090. The maximum absolute atomic E-state index is 13.1. The van der Waals surface area contributed by atoms with Gasteiger partial charge in [0.15, 0.2) is 0 Å². The molecule has 1 amide bonds. The van der Waals surface area contributed by atoms with Crippen molar-refractivity contribution in [2.45, 2.75) is 31.7 Å². The van der Waals surface area contributed by atoms with E-state index in [9.17, 15) is 14.0 Å².